The van der Waals surface area contributed by atoms with Crippen molar-refractivity contribution in [3.05, 3.63) is 42.0 Å². The predicted molar refractivity (Wildman–Crippen MR) is 85.9 cm³/mol. The van der Waals surface area contributed by atoms with Crippen LogP contribution in [0.5, 0.6) is 11.5 Å². The van der Waals surface area contributed by atoms with E-state index in [2.05, 4.69) is 15.3 Å². The van der Waals surface area contributed by atoms with Crippen molar-refractivity contribution in [1.82, 2.24) is 9.97 Å². The van der Waals surface area contributed by atoms with E-state index in [0.717, 1.165) is 5.69 Å². The summed E-state index contributed by atoms with van der Waals surface area (Å²) in [6.07, 6.45) is 0. The second kappa shape index (κ2) is 5.88. The number of H-pyrrole nitrogens is 1. The van der Waals surface area contributed by atoms with Gasteiger partial charge in [-0.05, 0) is 30.3 Å². The molecule has 0 saturated carbocycles. The molecular weight excluding hydrogens is 298 g/mol. The zero-order valence-corrected chi connectivity index (χ0v) is 12.6. The van der Waals surface area contributed by atoms with Crippen LogP contribution < -0.4 is 14.8 Å². The summed E-state index contributed by atoms with van der Waals surface area (Å²) in [5.74, 6) is 0.765. The molecule has 0 aliphatic carbocycles. The summed E-state index contributed by atoms with van der Waals surface area (Å²) < 4.78 is 10.4. The molecular formula is C16H15N3O4. The molecule has 7 nitrogen and oxygen atoms in total. The molecule has 7 heteroatoms. The van der Waals surface area contributed by atoms with E-state index in [1.54, 1.807) is 38.5 Å². The van der Waals surface area contributed by atoms with Crippen LogP contribution in [0, 0.1) is 0 Å². The van der Waals surface area contributed by atoms with Gasteiger partial charge in [-0.15, -0.1) is 0 Å². The maximum absolute atomic E-state index is 11.0. The first-order valence-electron chi connectivity index (χ1n) is 6.83. The molecule has 0 fully saturated rings. The monoisotopic (exact) mass is 313 g/mol. The number of carbonyl (C=O) groups is 1. The molecule has 0 radical (unpaired) electrons. The number of aromatic carboxylic acids is 1. The van der Waals surface area contributed by atoms with Crippen molar-refractivity contribution in [1.29, 1.82) is 0 Å². The van der Waals surface area contributed by atoms with Crippen molar-refractivity contribution in [3.63, 3.8) is 0 Å². The topological polar surface area (TPSA) is 96.5 Å². The minimum atomic E-state index is -0.976. The Kier molecular flexibility index (Phi) is 3.76. The minimum absolute atomic E-state index is 0.207. The van der Waals surface area contributed by atoms with Crippen LogP contribution in [-0.4, -0.2) is 35.3 Å². The number of hydrogen-bond donors (Lipinski definition) is 3. The van der Waals surface area contributed by atoms with Gasteiger partial charge in [0.2, 0.25) is 5.95 Å². The summed E-state index contributed by atoms with van der Waals surface area (Å²) in [4.78, 5) is 18.4. The standard InChI is InChI=1S/C16H15N3O4/c1-22-13-6-4-10(8-14(13)23-2)17-16-18-11-5-3-9(15(20)21)7-12(11)19-16/h3-8H,1-2H3,(H,20,21)(H2,17,18,19). The number of imidazole rings is 1. The second-order valence-corrected chi connectivity index (χ2v) is 4.82. The van der Waals surface area contributed by atoms with Gasteiger partial charge in [0, 0.05) is 11.8 Å². The Morgan fingerprint density at radius 3 is 2.61 bits per heavy atom. The minimum Gasteiger partial charge on any atom is -0.493 e. The number of nitrogens with zero attached hydrogens (tertiary/aromatic N) is 1. The first-order chi connectivity index (χ1) is 11.1. The average molecular weight is 313 g/mol. The van der Waals surface area contributed by atoms with Gasteiger partial charge in [-0.25, -0.2) is 9.78 Å². The molecule has 0 aliphatic heterocycles. The number of nitrogens with one attached hydrogen (secondary N) is 2. The Morgan fingerprint density at radius 1 is 1.13 bits per heavy atom. The van der Waals surface area contributed by atoms with E-state index in [4.69, 9.17) is 14.6 Å². The normalized spacial score (nSPS) is 10.5. The Morgan fingerprint density at radius 2 is 1.91 bits per heavy atom. The summed E-state index contributed by atoms with van der Waals surface area (Å²) >= 11 is 0. The number of methoxy groups -OCH3 is 2. The molecule has 23 heavy (non-hydrogen) atoms. The van der Waals surface area contributed by atoms with Crippen molar-refractivity contribution >= 4 is 28.6 Å². The maximum atomic E-state index is 11.0. The fourth-order valence-electron chi connectivity index (χ4n) is 2.25. The second-order valence-electron chi connectivity index (χ2n) is 4.82. The van der Waals surface area contributed by atoms with E-state index in [0.29, 0.717) is 28.5 Å². The molecule has 0 spiro atoms. The number of benzene rings is 2. The zero-order valence-electron chi connectivity index (χ0n) is 12.6. The molecule has 1 heterocycles. The first-order valence-corrected chi connectivity index (χ1v) is 6.83. The van der Waals surface area contributed by atoms with Crippen LogP contribution in [0.25, 0.3) is 11.0 Å². The lowest BCUT2D eigenvalue weighted by Crippen LogP contribution is -1.95. The van der Waals surface area contributed by atoms with Gasteiger partial charge in [0.25, 0.3) is 0 Å². The highest BCUT2D eigenvalue weighted by Crippen LogP contribution is 2.31. The molecule has 3 aromatic rings. The summed E-state index contributed by atoms with van der Waals surface area (Å²) in [6, 6.07) is 10.1. The van der Waals surface area contributed by atoms with Crippen molar-refractivity contribution in [3.8, 4) is 11.5 Å². The van der Waals surface area contributed by atoms with Gasteiger partial charge in [-0.1, -0.05) is 0 Å². The SMILES string of the molecule is COc1ccc(Nc2nc3ccc(C(=O)O)cc3[nH]2)cc1OC. The third-order valence-corrected chi connectivity index (χ3v) is 3.38. The van der Waals surface area contributed by atoms with Gasteiger partial charge in [0.15, 0.2) is 11.5 Å². The summed E-state index contributed by atoms with van der Waals surface area (Å²) in [5, 5.41) is 12.1. The number of fused-ring (bicyclic) bond motifs is 1. The molecule has 3 rings (SSSR count). The zero-order chi connectivity index (χ0) is 16.4. The lowest BCUT2D eigenvalue weighted by Gasteiger charge is -2.09. The van der Waals surface area contributed by atoms with Crippen LogP contribution in [0.4, 0.5) is 11.6 Å². The number of aromatic nitrogens is 2. The number of carboxylic acid groups (broad SMARTS) is 1. The van der Waals surface area contributed by atoms with Crippen LogP contribution in [0.3, 0.4) is 0 Å². The summed E-state index contributed by atoms with van der Waals surface area (Å²) in [7, 11) is 3.14. The molecule has 3 N–H and O–H groups in total. The van der Waals surface area contributed by atoms with E-state index in [1.165, 1.54) is 6.07 Å². The van der Waals surface area contributed by atoms with Crippen LogP contribution in [0.1, 0.15) is 10.4 Å². The Hall–Kier alpha value is -3.22. The first kappa shape index (κ1) is 14.7. The lowest BCUT2D eigenvalue weighted by molar-refractivity contribution is 0.0697. The highest BCUT2D eigenvalue weighted by Gasteiger charge is 2.09. The molecule has 2 aromatic carbocycles. The van der Waals surface area contributed by atoms with E-state index in [-0.39, 0.29) is 5.56 Å². The molecule has 118 valence electrons. The average Bonchev–Trinajstić information content (AvgIpc) is 2.95. The molecule has 0 amide bonds. The third kappa shape index (κ3) is 2.89. The Labute approximate surface area is 131 Å². The summed E-state index contributed by atoms with van der Waals surface area (Å²) in [5.41, 5.74) is 2.30. The van der Waals surface area contributed by atoms with Gasteiger partial charge < -0.3 is 24.9 Å². The van der Waals surface area contributed by atoms with Crippen LogP contribution in [0.2, 0.25) is 0 Å². The molecule has 1 aromatic heterocycles. The van der Waals surface area contributed by atoms with Crippen LogP contribution in [-0.2, 0) is 0 Å². The smallest absolute Gasteiger partial charge is 0.335 e. The Balaban J connectivity index is 1.90. The van der Waals surface area contributed by atoms with Crippen molar-refractivity contribution in [2.24, 2.45) is 0 Å². The summed E-state index contributed by atoms with van der Waals surface area (Å²) in [6.45, 7) is 0. The quantitative estimate of drug-likeness (QED) is 0.670. The van der Waals surface area contributed by atoms with E-state index in [9.17, 15) is 4.79 Å². The van der Waals surface area contributed by atoms with E-state index in [1.807, 2.05) is 6.07 Å². The number of carboxylic acids is 1. The highest BCUT2D eigenvalue weighted by molar-refractivity contribution is 5.92. The van der Waals surface area contributed by atoms with Gasteiger partial charge >= 0.3 is 5.97 Å². The van der Waals surface area contributed by atoms with Crippen LogP contribution >= 0.6 is 0 Å². The Bertz CT molecular complexity index is 873. The van der Waals surface area contributed by atoms with Gasteiger partial charge in [0.1, 0.15) is 0 Å². The number of rotatable bonds is 5. The number of hydrogen-bond acceptors (Lipinski definition) is 5. The van der Waals surface area contributed by atoms with Gasteiger partial charge in [-0.3, -0.25) is 0 Å². The molecule has 0 unspecified atom stereocenters. The largest absolute Gasteiger partial charge is 0.493 e. The number of anilines is 2. The highest BCUT2D eigenvalue weighted by atomic mass is 16.5. The van der Waals surface area contributed by atoms with Crippen LogP contribution in [0.15, 0.2) is 36.4 Å². The molecule has 0 saturated heterocycles. The number of ether oxygens (including phenoxy) is 2. The maximum Gasteiger partial charge on any atom is 0.335 e. The fourth-order valence-corrected chi connectivity index (χ4v) is 2.25. The van der Waals surface area contributed by atoms with Gasteiger partial charge in [0.05, 0.1) is 30.8 Å². The van der Waals surface area contributed by atoms with Crippen molar-refractivity contribution in [2.45, 2.75) is 0 Å². The van der Waals surface area contributed by atoms with E-state index < -0.39 is 5.97 Å². The van der Waals surface area contributed by atoms with Crippen molar-refractivity contribution in [2.75, 3.05) is 19.5 Å². The lowest BCUT2D eigenvalue weighted by atomic mass is 10.2. The number of aromatic amines is 1. The third-order valence-electron chi connectivity index (χ3n) is 3.38. The van der Waals surface area contributed by atoms with Crippen molar-refractivity contribution < 1.29 is 19.4 Å². The van der Waals surface area contributed by atoms with Gasteiger partial charge in [-0.2, -0.15) is 0 Å². The molecule has 0 aliphatic rings. The predicted octanol–water partition coefficient (Wildman–Crippen LogP) is 3.02. The fraction of sp³-hybridized carbons (Fsp3) is 0.125. The molecule has 0 atom stereocenters. The molecule has 0 bridgehead atoms. The van der Waals surface area contributed by atoms with E-state index >= 15 is 0 Å².